The second kappa shape index (κ2) is 11.3. The molecule has 0 bridgehead atoms. The molecule has 0 amide bonds. The maximum atomic E-state index is 12.9. The number of nitrogens with zero attached hydrogens (tertiary/aromatic N) is 4. The molecule has 4 aromatic rings. The van der Waals surface area contributed by atoms with E-state index in [1.807, 2.05) is 48.5 Å². The first-order valence-electron chi connectivity index (χ1n) is 16.2. The van der Waals surface area contributed by atoms with Gasteiger partial charge in [0.1, 0.15) is 17.1 Å². The first-order chi connectivity index (χ1) is 23.6. The van der Waals surface area contributed by atoms with Gasteiger partial charge < -0.3 is 14.5 Å². The Morgan fingerprint density at radius 3 is 1.52 bits per heavy atom. The number of sulfonamides is 2. The summed E-state index contributed by atoms with van der Waals surface area (Å²) in [4.78, 5) is 4.68. The van der Waals surface area contributed by atoms with Gasteiger partial charge in [-0.1, -0.05) is 0 Å². The van der Waals surface area contributed by atoms with Crippen LogP contribution >= 0.6 is 0 Å². The SMILES string of the molecule is CN(C)S(=O)(=O)c1ccc2c(c1)CCN2c1ccc2c(c1)Oc1cc(N3CCc4cc(S(=O)(=O)N(C)C)ccc43)ccc1C21CCS(=O)(=O)O1. The first-order valence-corrected chi connectivity index (χ1v) is 20.6. The Labute approximate surface area is 292 Å². The minimum atomic E-state index is -3.80. The summed E-state index contributed by atoms with van der Waals surface area (Å²) in [7, 11) is -4.92. The molecule has 8 rings (SSSR count). The molecule has 0 unspecified atom stereocenters. The number of hydrogen-bond acceptors (Lipinski definition) is 10. The maximum absolute atomic E-state index is 12.9. The number of benzene rings is 4. The Hall–Kier alpha value is -3.99. The molecule has 4 aliphatic rings. The van der Waals surface area contributed by atoms with Crippen LogP contribution in [0.15, 0.2) is 82.6 Å². The molecule has 12 nitrogen and oxygen atoms in total. The van der Waals surface area contributed by atoms with Gasteiger partial charge in [0.2, 0.25) is 20.0 Å². The fourth-order valence-corrected chi connectivity index (χ4v) is 10.6. The van der Waals surface area contributed by atoms with Crippen molar-refractivity contribution in [1.29, 1.82) is 0 Å². The molecule has 4 aliphatic heterocycles. The number of anilines is 4. The van der Waals surface area contributed by atoms with Crippen LogP contribution in [0.3, 0.4) is 0 Å². The van der Waals surface area contributed by atoms with Crippen molar-refractivity contribution in [1.82, 2.24) is 8.61 Å². The molecule has 4 aromatic carbocycles. The summed E-state index contributed by atoms with van der Waals surface area (Å²) in [5, 5.41) is 0. The van der Waals surface area contributed by atoms with Gasteiger partial charge in [0.05, 0.1) is 15.5 Å². The zero-order chi connectivity index (χ0) is 35.4. The second-order valence-electron chi connectivity index (χ2n) is 13.3. The monoisotopic (exact) mass is 736 g/mol. The van der Waals surface area contributed by atoms with E-state index in [0.717, 1.165) is 33.9 Å². The van der Waals surface area contributed by atoms with E-state index in [2.05, 4.69) is 9.80 Å². The minimum absolute atomic E-state index is 0.134. The molecule has 0 radical (unpaired) electrons. The molecule has 1 saturated heterocycles. The van der Waals surface area contributed by atoms with E-state index in [-0.39, 0.29) is 22.0 Å². The Morgan fingerprint density at radius 2 is 1.12 bits per heavy atom. The van der Waals surface area contributed by atoms with E-state index in [1.165, 1.54) is 36.8 Å². The van der Waals surface area contributed by atoms with Crippen LogP contribution in [0.4, 0.5) is 22.7 Å². The summed E-state index contributed by atoms with van der Waals surface area (Å²) in [6, 6.07) is 21.7. The van der Waals surface area contributed by atoms with E-state index in [4.69, 9.17) is 8.92 Å². The Balaban J connectivity index is 1.17. The summed E-state index contributed by atoms with van der Waals surface area (Å²) in [6.45, 7) is 1.25. The van der Waals surface area contributed by atoms with Gasteiger partial charge in [-0.05, 0) is 84.6 Å². The highest BCUT2D eigenvalue weighted by molar-refractivity contribution is 7.89. The van der Waals surface area contributed by atoms with Crippen LogP contribution in [-0.4, -0.2) is 80.9 Å². The summed E-state index contributed by atoms with van der Waals surface area (Å²) in [5.74, 6) is 0.819. The molecule has 50 heavy (non-hydrogen) atoms. The normalized spacial score (nSPS) is 18.7. The Kier molecular flexibility index (Phi) is 7.47. The van der Waals surface area contributed by atoms with Crippen LogP contribution in [0.5, 0.6) is 11.5 Å². The van der Waals surface area contributed by atoms with Gasteiger partial charge in [-0.3, -0.25) is 4.18 Å². The first kappa shape index (κ1) is 33.2. The van der Waals surface area contributed by atoms with Crippen molar-refractivity contribution in [2.24, 2.45) is 0 Å². The van der Waals surface area contributed by atoms with Crippen LogP contribution < -0.4 is 14.5 Å². The highest BCUT2D eigenvalue weighted by Gasteiger charge is 2.52. The van der Waals surface area contributed by atoms with E-state index in [0.29, 0.717) is 48.6 Å². The largest absolute Gasteiger partial charge is 0.456 e. The lowest BCUT2D eigenvalue weighted by atomic mass is 9.81. The van der Waals surface area contributed by atoms with E-state index < -0.39 is 35.8 Å². The zero-order valence-corrected chi connectivity index (χ0v) is 30.4. The van der Waals surface area contributed by atoms with Crippen molar-refractivity contribution in [2.75, 3.05) is 56.8 Å². The molecule has 0 aromatic heterocycles. The number of ether oxygens (including phenoxy) is 1. The third-order valence-electron chi connectivity index (χ3n) is 10.1. The standard InChI is InChI=1S/C35H36N4O8S3/c1-36(2)49(42,43)27-7-11-31-23(19-27)13-16-38(31)25-5-9-29-33(21-25)46-34-22-26(6-10-30(34)35(29)15-18-48(40,41)47-35)39-17-14-24-20-28(8-12-32(24)39)50(44,45)37(3)4/h5-12,19-22H,13-18H2,1-4H3. The highest BCUT2D eigenvalue weighted by Crippen LogP contribution is 2.56. The maximum Gasteiger partial charge on any atom is 0.268 e. The number of rotatable bonds is 6. The Morgan fingerprint density at radius 1 is 0.660 bits per heavy atom. The molecule has 0 aliphatic carbocycles. The van der Waals surface area contributed by atoms with Gasteiger partial charge in [0.15, 0.2) is 0 Å². The van der Waals surface area contributed by atoms with Crippen LogP contribution in [0.2, 0.25) is 0 Å². The predicted octanol–water partition coefficient (Wildman–Crippen LogP) is 4.68. The molecule has 0 N–H and O–H groups in total. The quantitative estimate of drug-likeness (QED) is 0.257. The van der Waals surface area contributed by atoms with Crippen molar-refractivity contribution in [3.8, 4) is 11.5 Å². The lowest BCUT2D eigenvalue weighted by Gasteiger charge is -2.36. The van der Waals surface area contributed by atoms with Crippen molar-refractivity contribution in [2.45, 2.75) is 34.7 Å². The third kappa shape index (κ3) is 5.05. The Bertz CT molecular complexity index is 2280. The van der Waals surface area contributed by atoms with Crippen molar-refractivity contribution < 1.29 is 34.2 Å². The van der Waals surface area contributed by atoms with E-state index >= 15 is 0 Å². The van der Waals surface area contributed by atoms with Crippen molar-refractivity contribution in [3.63, 3.8) is 0 Å². The topological polar surface area (TPSA) is 134 Å². The van der Waals surface area contributed by atoms with E-state index in [1.54, 1.807) is 24.3 Å². The smallest absolute Gasteiger partial charge is 0.268 e. The molecule has 1 spiro atoms. The van der Waals surface area contributed by atoms with Gasteiger partial charge >= 0.3 is 0 Å². The van der Waals surface area contributed by atoms with E-state index in [9.17, 15) is 25.3 Å². The summed E-state index contributed by atoms with van der Waals surface area (Å²) in [6.07, 6.45) is 1.53. The second-order valence-corrected chi connectivity index (χ2v) is 19.3. The van der Waals surface area contributed by atoms with Crippen LogP contribution in [0.25, 0.3) is 0 Å². The molecule has 15 heteroatoms. The lowest BCUT2D eigenvalue weighted by molar-refractivity contribution is 0.129. The molecule has 262 valence electrons. The van der Waals surface area contributed by atoms with Gasteiger partial charge in [-0.25, -0.2) is 25.4 Å². The van der Waals surface area contributed by atoms with Gasteiger partial charge in [0, 0.05) is 93.7 Å². The van der Waals surface area contributed by atoms with Gasteiger partial charge in [-0.15, -0.1) is 0 Å². The van der Waals surface area contributed by atoms with Crippen LogP contribution in [0, 0.1) is 0 Å². The highest BCUT2D eigenvalue weighted by atomic mass is 32.2. The molecular formula is C35H36N4O8S3. The van der Waals surface area contributed by atoms with Crippen molar-refractivity contribution in [3.05, 3.63) is 95.1 Å². The number of fused-ring (bicyclic) bond motifs is 6. The summed E-state index contributed by atoms with van der Waals surface area (Å²) >= 11 is 0. The summed E-state index contributed by atoms with van der Waals surface area (Å²) in [5.41, 5.74) is 5.24. The van der Waals surface area contributed by atoms with Crippen molar-refractivity contribution >= 4 is 52.9 Å². The fourth-order valence-electron chi connectivity index (χ4n) is 7.42. The third-order valence-corrected chi connectivity index (χ3v) is 14.9. The zero-order valence-electron chi connectivity index (χ0n) is 28.0. The molecule has 1 fully saturated rings. The number of hydrogen-bond donors (Lipinski definition) is 0. The minimum Gasteiger partial charge on any atom is -0.456 e. The summed E-state index contributed by atoms with van der Waals surface area (Å²) < 4.78 is 91.7. The molecule has 0 saturated carbocycles. The average molecular weight is 737 g/mol. The van der Waals surface area contributed by atoms with Gasteiger partial charge in [0.25, 0.3) is 10.1 Å². The molecule has 4 heterocycles. The molecule has 0 atom stereocenters. The average Bonchev–Trinajstić information content (AvgIpc) is 3.79. The predicted molar refractivity (Wildman–Crippen MR) is 189 cm³/mol. The van der Waals surface area contributed by atoms with Crippen LogP contribution in [0.1, 0.15) is 28.7 Å². The van der Waals surface area contributed by atoms with Crippen LogP contribution in [-0.2, 0) is 52.8 Å². The van der Waals surface area contributed by atoms with Gasteiger partial charge in [-0.2, -0.15) is 8.42 Å². The lowest BCUT2D eigenvalue weighted by Crippen LogP contribution is -2.31. The fraction of sp³-hybridized carbons (Fsp3) is 0.314. The molecular weight excluding hydrogens is 701 g/mol.